The molecule has 10 heavy (non-hydrogen) atoms. The molecular formula is C5H6ClIN2S. The van der Waals surface area contributed by atoms with E-state index in [9.17, 15) is 0 Å². The molecule has 0 amide bonds. The zero-order chi connectivity index (χ0) is 7.72. The molecule has 5 heteroatoms. The van der Waals surface area contributed by atoms with Gasteiger partial charge < -0.3 is 4.90 Å². The van der Waals surface area contributed by atoms with Gasteiger partial charge in [-0.25, -0.2) is 4.98 Å². The summed E-state index contributed by atoms with van der Waals surface area (Å²) in [6, 6.07) is 0. The highest BCUT2D eigenvalue weighted by atomic mass is 127. The second kappa shape index (κ2) is 3.23. The van der Waals surface area contributed by atoms with E-state index in [2.05, 4.69) is 27.6 Å². The fraction of sp³-hybridized carbons (Fsp3) is 0.400. The van der Waals surface area contributed by atoms with Crippen molar-refractivity contribution in [3.8, 4) is 0 Å². The Labute approximate surface area is 82.3 Å². The minimum atomic E-state index is 0.597. The quantitative estimate of drug-likeness (QED) is 0.738. The lowest BCUT2D eigenvalue weighted by atomic mass is 10.7. The predicted molar refractivity (Wildman–Crippen MR) is 54.2 cm³/mol. The number of aromatic nitrogens is 1. The maximum Gasteiger partial charge on any atom is 0.164 e. The van der Waals surface area contributed by atoms with E-state index in [0.29, 0.717) is 5.15 Å². The molecular weight excluding hydrogens is 282 g/mol. The van der Waals surface area contributed by atoms with E-state index < -0.39 is 0 Å². The summed E-state index contributed by atoms with van der Waals surface area (Å²) in [4.78, 5) is 6.02. The lowest BCUT2D eigenvalue weighted by molar-refractivity contribution is 1.15. The monoisotopic (exact) mass is 288 g/mol. The van der Waals surface area contributed by atoms with Crippen molar-refractivity contribution in [1.29, 1.82) is 0 Å². The molecule has 1 aromatic rings. The third-order valence-electron chi connectivity index (χ3n) is 0.950. The van der Waals surface area contributed by atoms with Crippen molar-refractivity contribution in [3.05, 3.63) is 8.17 Å². The molecule has 0 aliphatic heterocycles. The number of anilines is 1. The Bertz CT molecular complexity index is 236. The Hall–Kier alpha value is 0.450. The minimum absolute atomic E-state index is 0.597. The molecule has 1 heterocycles. The van der Waals surface area contributed by atoms with Gasteiger partial charge in [-0.05, 0) is 22.6 Å². The lowest BCUT2D eigenvalue weighted by Gasteiger charge is -2.07. The topological polar surface area (TPSA) is 16.1 Å². The highest BCUT2D eigenvalue weighted by molar-refractivity contribution is 14.1. The fourth-order valence-electron chi connectivity index (χ4n) is 0.546. The van der Waals surface area contributed by atoms with Crippen LogP contribution in [0.1, 0.15) is 0 Å². The average Bonchev–Trinajstić information content (AvgIpc) is 2.10. The second-order valence-corrected chi connectivity index (χ2v) is 5.05. The fourth-order valence-corrected chi connectivity index (χ4v) is 2.58. The smallest absolute Gasteiger partial charge is 0.164 e. The van der Waals surface area contributed by atoms with Gasteiger partial charge in [-0.3, -0.25) is 0 Å². The van der Waals surface area contributed by atoms with Crippen molar-refractivity contribution in [2.24, 2.45) is 0 Å². The van der Waals surface area contributed by atoms with Gasteiger partial charge in [0.05, 0.1) is 0 Å². The molecule has 0 aliphatic rings. The molecule has 0 spiro atoms. The zero-order valence-corrected chi connectivity index (χ0v) is 9.29. The normalized spacial score (nSPS) is 10.0. The summed E-state index contributed by atoms with van der Waals surface area (Å²) in [7, 11) is 3.91. The van der Waals surface area contributed by atoms with E-state index in [-0.39, 0.29) is 0 Å². The molecule has 0 saturated heterocycles. The van der Waals surface area contributed by atoms with Crippen LogP contribution in [0.2, 0.25) is 5.15 Å². The van der Waals surface area contributed by atoms with Gasteiger partial charge in [0.15, 0.2) is 8.17 Å². The molecule has 56 valence electrons. The van der Waals surface area contributed by atoms with E-state index in [0.717, 1.165) is 8.02 Å². The van der Waals surface area contributed by atoms with Crippen LogP contribution in [-0.4, -0.2) is 19.1 Å². The van der Waals surface area contributed by atoms with E-state index in [1.807, 2.05) is 19.0 Å². The Morgan fingerprint density at radius 3 is 2.40 bits per heavy atom. The van der Waals surface area contributed by atoms with Crippen LogP contribution in [0.4, 0.5) is 5.00 Å². The third-order valence-corrected chi connectivity index (χ3v) is 3.24. The first-order valence-corrected chi connectivity index (χ1v) is 4.87. The molecule has 0 bridgehead atoms. The Morgan fingerprint density at radius 1 is 1.60 bits per heavy atom. The standard InChI is InChI=1S/C5H6ClIN2S/c1-9(2)4-3(6)8-5(7)10-4/h1-2H3. The molecule has 0 atom stereocenters. The van der Waals surface area contributed by atoms with Crippen molar-refractivity contribution < 1.29 is 0 Å². The average molecular weight is 289 g/mol. The molecule has 0 N–H and O–H groups in total. The van der Waals surface area contributed by atoms with Crippen LogP contribution in [-0.2, 0) is 0 Å². The SMILES string of the molecule is CN(C)c1sc(I)nc1Cl. The number of hydrogen-bond donors (Lipinski definition) is 0. The van der Waals surface area contributed by atoms with Gasteiger partial charge in [-0.1, -0.05) is 22.9 Å². The summed E-state index contributed by atoms with van der Waals surface area (Å²) >= 11 is 9.54. The molecule has 0 saturated carbocycles. The number of halogens is 2. The van der Waals surface area contributed by atoms with Gasteiger partial charge in [0.1, 0.15) is 5.00 Å². The van der Waals surface area contributed by atoms with Crippen LogP contribution in [0.25, 0.3) is 0 Å². The van der Waals surface area contributed by atoms with Crippen molar-refractivity contribution >= 4 is 50.5 Å². The van der Waals surface area contributed by atoms with Crippen LogP contribution >= 0.6 is 45.5 Å². The van der Waals surface area contributed by atoms with E-state index >= 15 is 0 Å². The predicted octanol–water partition coefficient (Wildman–Crippen LogP) is 2.47. The van der Waals surface area contributed by atoms with E-state index in [1.165, 1.54) is 0 Å². The summed E-state index contributed by atoms with van der Waals surface area (Å²) in [5.41, 5.74) is 0. The molecule has 0 fully saturated rings. The van der Waals surface area contributed by atoms with Gasteiger partial charge in [0.2, 0.25) is 0 Å². The van der Waals surface area contributed by atoms with Crippen LogP contribution in [0.3, 0.4) is 0 Å². The number of hydrogen-bond acceptors (Lipinski definition) is 3. The van der Waals surface area contributed by atoms with Crippen molar-refractivity contribution in [2.75, 3.05) is 19.0 Å². The first-order chi connectivity index (χ1) is 4.61. The summed E-state index contributed by atoms with van der Waals surface area (Å²) in [6.45, 7) is 0. The maximum atomic E-state index is 5.79. The largest absolute Gasteiger partial charge is 0.367 e. The molecule has 0 radical (unpaired) electrons. The third kappa shape index (κ3) is 1.73. The van der Waals surface area contributed by atoms with Gasteiger partial charge in [-0.2, -0.15) is 0 Å². The first kappa shape index (κ1) is 8.55. The number of nitrogens with zero attached hydrogens (tertiary/aromatic N) is 2. The van der Waals surface area contributed by atoms with Crippen LogP contribution in [0.15, 0.2) is 0 Å². The molecule has 0 aromatic carbocycles. The van der Waals surface area contributed by atoms with Gasteiger partial charge in [-0.15, -0.1) is 0 Å². The van der Waals surface area contributed by atoms with Crippen molar-refractivity contribution in [2.45, 2.75) is 0 Å². The zero-order valence-electron chi connectivity index (χ0n) is 5.56. The molecule has 2 nitrogen and oxygen atoms in total. The molecule has 1 rings (SSSR count). The van der Waals surface area contributed by atoms with E-state index in [4.69, 9.17) is 11.6 Å². The highest BCUT2D eigenvalue weighted by Gasteiger charge is 2.07. The molecule has 1 aromatic heterocycles. The molecule has 0 unspecified atom stereocenters. The minimum Gasteiger partial charge on any atom is -0.367 e. The number of rotatable bonds is 1. The summed E-state index contributed by atoms with van der Waals surface area (Å²) < 4.78 is 0.978. The summed E-state index contributed by atoms with van der Waals surface area (Å²) in [5, 5.41) is 1.62. The molecule has 0 aliphatic carbocycles. The van der Waals surface area contributed by atoms with Crippen LogP contribution < -0.4 is 4.90 Å². The first-order valence-electron chi connectivity index (χ1n) is 2.60. The highest BCUT2D eigenvalue weighted by Crippen LogP contribution is 2.31. The lowest BCUT2D eigenvalue weighted by Crippen LogP contribution is -2.06. The second-order valence-electron chi connectivity index (χ2n) is 1.96. The summed E-state index contributed by atoms with van der Waals surface area (Å²) in [5.74, 6) is 0. The van der Waals surface area contributed by atoms with Crippen molar-refractivity contribution in [3.63, 3.8) is 0 Å². The van der Waals surface area contributed by atoms with Gasteiger partial charge in [0, 0.05) is 14.1 Å². The Balaban J connectivity index is 3.03. The van der Waals surface area contributed by atoms with Crippen LogP contribution in [0.5, 0.6) is 0 Å². The number of thiazole rings is 1. The van der Waals surface area contributed by atoms with E-state index in [1.54, 1.807) is 11.3 Å². The maximum absolute atomic E-state index is 5.79. The summed E-state index contributed by atoms with van der Waals surface area (Å²) in [6.07, 6.45) is 0. The van der Waals surface area contributed by atoms with Gasteiger partial charge >= 0.3 is 0 Å². The van der Waals surface area contributed by atoms with Gasteiger partial charge in [0.25, 0.3) is 0 Å². The Morgan fingerprint density at radius 2 is 2.20 bits per heavy atom. The Kier molecular flexibility index (Phi) is 2.76. The van der Waals surface area contributed by atoms with Crippen LogP contribution in [0, 0.1) is 3.01 Å². The van der Waals surface area contributed by atoms with Crippen molar-refractivity contribution in [1.82, 2.24) is 4.98 Å².